The van der Waals surface area contributed by atoms with Crippen LogP contribution in [0.2, 0.25) is 0 Å². The Morgan fingerprint density at radius 3 is 2.66 bits per heavy atom. The molecule has 0 saturated carbocycles. The number of aromatic nitrogens is 5. The van der Waals surface area contributed by atoms with Crippen LogP contribution in [-0.2, 0) is 13.0 Å². The Bertz CT molecular complexity index is 947. The SMILES string of the molecule is CSc1nnc(CCCNC(=O)c2cc(C)n(-c3ccccc3)n2)n1CC(C)C. The fourth-order valence-corrected chi connectivity index (χ4v) is 3.68. The van der Waals surface area contributed by atoms with Crippen LogP contribution in [0.1, 0.15) is 42.3 Å². The van der Waals surface area contributed by atoms with E-state index < -0.39 is 0 Å². The third kappa shape index (κ3) is 5.26. The van der Waals surface area contributed by atoms with Crippen molar-refractivity contribution in [3.05, 3.63) is 53.6 Å². The standard InChI is InChI=1S/C21H28N6OS/c1-15(2)14-26-19(23-24-21(26)29-4)11-8-12-22-20(28)18-13-16(3)27(25-18)17-9-6-5-7-10-17/h5-7,9-10,13,15H,8,11-12,14H2,1-4H3,(H,22,28). The second-order valence-corrected chi connectivity index (χ2v) is 8.16. The molecule has 0 saturated heterocycles. The molecular weight excluding hydrogens is 384 g/mol. The second-order valence-electron chi connectivity index (χ2n) is 7.39. The molecule has 0 fully saturated rings. The molecule has 7 nitrogen and oxygen atoms in total. The van der Waals surface area contributed by atoms with Gasteiger partial charge in [0.2, 0.25) is 0 Å². The van der Waals surface area contributed by atoms with Gasteiger partial charge in [0.25, 0.3) is 5.91 Å². The molecule has 0 unspecified atom stereocenters. The molecule has 3 aromatic rings. The molecule has 2 aromatic heterocycles. The summed E-state index contributed by atoms with van der Waals surface area (Å²) < 4.78 is 3.97. The minimum Gasteiger partial charge on any atom is -0.351 e. The number of amides is 1. The molecule has 1 N–H and O–H groups in total. The number of thioether (sulfide) groups is 1. The average Bonchev–Trinajstić information content (AvgIpc) is 3.28. The number of nitrogens with zero attached hydrogens (tertiary/aromatic N) is 5. The summed E-state index contributed by atoms with van der Waals surface area (Å²) >= 11 is 1.61. The summed E-state index contributed by atoms with van der Waals surface area (Å²) in [6.45, 7) is 7.79. The second kappa shape index (κ2) is 9.73. The van der Waals surface area contributed by atoms with Gasteiger partial charge >= 0.3 is 0 Å². The molecule has 0 bridgehead atoms. The molecule has 0 aliphatic rings. The summed E-state index contributed by atoms with van der Waals surface area (Å²) in [4.78, 5) is 12.5. The van der Waals surface area contributed by atoms with Gasteiger partial charge in [-0.25, -0.2) is 4.68 Å². The van der Waals surface area contributed by atoms with Gasteiger partial charge in [0, 0.05) is 25.2 Å². The summed E-state index contributed by atoms with van der Waals surface area (Å²) in [5.74, 6) is 1.34. The number of para-hydroxylation sites is 1. The first kappa shape index (κ1) is 21.1. The minimum absolute atomic E-state index is 0.156. The average molecular weight is 413 g/mol. The fourth-order valence-electron chi connectivity index (χ4n) is 3.16. The van der Waals surface area contributed by atoms with Crippen molar-refractivity contribution in [3.8, 4) is 5.69 Å². The summed E-state index contributed by atoms with van der Waals surface area (Å²) in [6, 6.07) is 11.6. The summed E-state index contributed by atoms with van der Waals surface area (Å²) in [7, 11) is 0. The van der Waals surface area contributed by atoms with Crippen LogP contribution in [0.15, 0.2) is 41.6 Å². The molecule has 0 radical (unpaired) electrons. The van der Waals surface area contributed by atoms with Gasteiger partial charge in [0.1, 0.15) is 5.82 Å². The Morgan fingerprint density at radius 2 is 1.97 bits per heavy atom. The van der Waals surface area contributed by atoms with Gasteiger partial charge in [-0.1, -0.05) is 43.8 Å². The van der Waals surface area contributed by atoms with E-state index in [9.17, 15) is 4.79 Å². The van der Waals surface area contributed by atoms with Crippen LogP contribution in [-0.4, -0.2) is 43.3 Å². The maximum absolute atomic E-state index is 12.5. The van der Waals surface area contributed by atoms with E-state index >= 15 is 0 Å². The van der Waals surface area contributed by atoms with Crippen molar-refractivity contribution >= 4 is 17.7 Å². The lowest BCUT2D eigenvalue weighted by Gasteiger charge is -2.11. The van der Waals surface area contributed by atoms with Crippen molar-refractivity contribution in [2.45, 2.75) is 45.3 Å². The number of benzene rings is 1. The van der Waals surface area contributed by atoms with Crippen LogP contribution in [0.25, 0.3) is 5.69 Å². The number of rotatable bonds is 9. The van der Waals surface area contributed by atoms with Gasteiger partial charge in [-0.05, 0) is 43.7 Å². The number of hydrogen-bond acceptors (Lipinski definition) is 5. The van der Waals surface area contributed by atoms with E-state index in [2.05, 4.69) is 39.0 Å². The minimum atomic E-state index is -0.156. The van der Waals surface area contributed by atoms with Crippen molar-refractivity contribution in [2.75, 3.05) is 12.8 Å². The predicted molar refractivity (Wildman–Crippen MR) is 116 cm³/mol. The van der Waals surface area contributed by atoms with Crippen molar-refractivity contribution in [2.24, 2.45) is 5.92 Å². The molecule has 1 aromatic carbocycles. The van der Waals surface area contributed by atoms with Gasteiger partial charge in [-0.2, -0.15) is 5.10 Å². The van der Waals surface area contributed by atoms with Gasteiger partial charge < -0.3 is 9.88 Å². The summed E-state index contributed by atoms with van der Waals surface area (Å²) in [5, 5.41) is 17.0. The van der Waals surface area contributed by atoms with E-state index in [0.29, 0.717) is 18.2 Å². The number of carbonyl (C=O) groups excluding carboxylic acids is 1. The van der Waals surface area contributed by atoms with Gasteiger partial charge in [0.05, 0.1) is 5.69 Å². The first-order valence-electron chi connectivity index (χ1n) is 9.86. The van der Waals surface area contributed by atoms with E-state index in [1.54, 1.807) is 16.4 Å². The Kier molecular flexibility index (Phi) is 7.09. The van der Waals surface area contributed by atoms with Crippen molar-refractivity contribution < 1.29 is 4.79 Å². The zero-order valence-electron chi connectivity index (χ0n) is 17.4. The molecule has 0 spiro atoms. The van der Waals surface area contributed by atoms with Crippen LogP contribution >= 0.6 is 11.8 Å². The third-order valence-electron chi connectivity index (χ3n) is 4.51. The molecule has 3 rings (SSSR count). The summed E-state index contributed by atoms with van der Waals surface area (Å²) in [5.41, 5.74) is 2.30. The Balaban J connectivity index is 1.55. The molecule has 0 aliphatic carbocycles. The maximum Gasteiger partial charge on any atom is 0.271 e. The monoisotopic (exact) mass is 412 g/mol. The smallest absolute Gasteiger partial charge is 0.271 e. The number of carbonyl (C=O) groups is 1. The highest BCUT2D eigenvalue weighted by atomic mass is 32.2. The molecular formula is C21H28N6OS. The third-order valence-corrected chi connectivity index (χ3v) is 5.17. The quantitative estimate of drug-likeness (QED) is 0.430. The van der Waals surface area contributed by atoms with Crippen LogP contribution in [0.3, 0.4) is 0 Å². The van der Waals surface area contributed by atoms with E-state index in [4.69, 9.17) is 0 Å². The van der Waals surface area contributed by atoms with Crippen LogP contribution in [0.5, 0.6) is 0 Å². The normalized spacial score (nSPS) is 11.2. The van der Waals surface area contributed by atoms with E-state index in [-0.39, 0.29) is 5.91 Å². The molecule has 0 atom stereocenters. The first-order valence-corrected chi connectivity index (χ1v) is 11.1. The first-order chi connectivity index (χ1) is 14.0. The zero-order chi connectivity index (χ0) is 20.8. The van der Waals surface area contributed by atoms with Gasteiger partial charge in [0.15, 0.2) is 10.9 Å². The Morgan fingerprint density at radius 1 is 1.21 bits per heavy atom. The van der Waals surface area contributed by atoms with Crippen LogP contribution in [0, 0.1) is 12.8 Å². The predicted octanol–water partition coefficient (Wildman–Crippen LogP) is 3.51. The molecule has 0 aliphatic heterocycles. The Labute approximate surface area is 175 Å². The topological polar surface area (TPSA) is 77.6 Å². The van der Waals surface area contributed by atoms with Crippen molar-refractivity contribution in [3.63, 3.8) is 0 Å². The molecule has 154 valence electrons. The van der Waals surface area contributed by atoms with E-state index in [0.717, 1.165) is 41.7 Å². The highest BCUT2D eigenvalue weighted by Gasteiger charge is 2.14. The lowest BCUT2D eigenvalue weighted by molar-refractivity contribution is 0.0947. The van der Waals surface area contributed by atoms with Gasteiger partial charge in [-0.3, -0.25) is 4.79 Å². The highest BCUT2D eigenvalue weighted by molar-refractivity contribution is 7.98. The van der Waals surface area contributed by atoms with Crippen LogP contribution in [0.4, 0.5) is 0 Å². The fraction of sp³-hybridized carbons (Fsp3) is 0.429. The van der Waals surface area contributed by atoms with Crippen LogP contribution < -0.4 is 5.32 Å². The lowest BCUT2D eigenvalue weighted by atomic mass is 10.2. The highest BCUT2D eigenvalue weighted by Crippen LogP contribution is 2.17. The molecule has 29 heavy (non-hydrogen) atoms. The van der Waals surface area contributed by atoms with E-state index in [1.165, 1.54) is 0 Å². The van der Waals surface area contributed by atoms with E-state index in [1.807, 2.05) is 49.6 Å². The zero-order valence-corrected chi connectivity index (χ0v) is 18.2. The Hall–Kier alpha value is -2.61. The van der Waals surface area contributed by atoms with Crippen molar-refractivity contribution in [1.29, 1.82) is 0 Å². The maximum atomic E-state index is 12.5. The molecule has 1 amide bonds. The lowest BCUT2D eigenvalue weighted by Crippen LogP contribution is -2.25. The number of aryl methyl sites for hydroxylation is 2. The number of nitrogens with one attached hydrogen (secondary N) is 1. The number of hydrogen-bond donors (Lipinski definition) is 1. The van der Waals surface area contributed by atoms with Crippen molar-refractivity contribution in [1.82, 2.24) is 29.9 Å². The molecule has 8 heteroatoms. The van der Waals surface area contributed by atoms with Gasteiger partial charge in [-0.15, -0.1) is 10.2 Å². The molecule has 2 heterocycles. The summed E-state index contributed by atoms with van der Waals surface area (Å²) in [6.07, 6.45) is 3.59. The largest absolute Gasteiger partial charge is 0.351 e.